The average molecular weight is 370 g/mol. The molecule has 0 spiro atoms. The third kappa shape index (κ3) is 5.15. The van der Waals surface area contributed by atoms with E-state index in [9.17, 15) is 14.4 Å². The summed E-state index contributed by atoms with van der Waals surface area (Å²) in [4.78, 5) is 37.8. The number of allylic oxidation sites excluding steroid dienone is 4. The fraction of sp³-hybridized carbons (Fsp3) is 0.522. The largest absolute Gasteiger partial charge is 0.325 e. The Labute approximate surface area is 161 Å². The Bertz CT molecular complexity index is 855. The molecule has 2 aliphatic carbocycles. The zero-order valence-electron chi connectivity index (χ0n) is 17.4. The zero-order chi connectivity index (χ0) is 20.4. The maximum atomic E-state index is 11.9. The van der Waals surface area contributed by atoms with Crippen molar-refractivity contribution >= 4 is 11.6 Å². The summed E-state index contributed by atoms with van der Waals surface area (Å²) in [5.41, 5.74) is 2.90. The summed E-state index contributed by atoms with van der Waals surface area (Å²) in [6.45, 7) is 12.1. The van der Waals surface area contributed by atoms with Crippen molar-refractivity contribution in [1.82, 2.24) is 4.98 Å². The quantitative estimate of drug-likeness (QED) is 0.722. The Hall–Kier alpha value is -2.23. The van der Waals surface area contributed by atoms with Crippen molar-refractivity contribution in [2.75, 3.05) is 0 Å². The molecule has 4 nitrogen and oxygen atoms in total. The number of H-pyrrole nitrogens is 1. The normalized spacial score (nSPS) is 17.0. The third-order valence-corrected chi connectivity index (χ3v) is 4.87. The number of nitrogens with one attached hydrogen (secondary N) is 1. The molecule has 146 valence electrons. The molecule has 0 radical (unpaired) electrons. The Balaban J connectivity index is 0.000000208. The van der Waals surface area contributed by atoms with Crippen LogP contribution in [0.4, 0.5) is 0 Å². The van der Waals surface area contributed by atoms with Gasteiger partial charge < -0.3 is 4.98 Å². The Kier molecular flexibility index (Phi) is 6.08. The molecule has 0 saturated carbocycles. The van der Waals surface area contributed by atoms with Crippen LogP contribution in [-0.4, -0.2) is 16.6 Å². The molecule has 1 N–H and O–H groups in total. The van der Waals surface area contributed by atoms with Gasteiger partial charge in [-0.1, -0.05) is 59.8 Å². The van der Waals surface area contributed by atoms with E-state index in [2.05, 4.69) is 25.8 Å². The molecule has 1 aromatic heterocycles. The lowest BCUT2D eigenvalue weighted by Crippen LogP contribution is -2.28. The van der Waals surface area contributed by atoms with Crippen LogP contribution in [0.2, 0.25) is 0 Å². The lowest BCUT2D eigenvalue weighted by molar-refractivity contribution is -0.115. The van der Waals surface area contributed by atoms with Crippen molar-refractivity contribution in [3.05, 3.63) is 57.0 Å². The van der Waals surface area contributed by atoms with Crippen LogP contribution in [0.3, 0.4) is 0 Å². The van der Waals surface area contributed by atoms with Crippen molar-refractivity contribution in [1.29, 1.82) is 0 Å². The van der Waals surface area contributed by atoms with Crippen molar-refractivity contribution in [3.63, 3.8) is 0 Å². The first-order valence-electron chi connectivity index (χ1n) is 9.61. The summed E-state index contributed by atoms with van der Waals surface area (Å²) < 4.78 is 0. The van der Waals surface area contributed by atoms with Gasteiger partial charge >= 0.3 is 0 Å². The maximum Gasteiger partial charge on any atom is 0.251 e. The number of aromatic amines is 1. The fourth-order valence-corrected chi connectivity index (χ4v) is 3.34. The molecule has 1 heterocycles. The van der Waals surface area contributed by atoms with Gasteiger partial charge in [0.15, 0.2) is 11.6 Å². The summed E-state index contributed by atoms with van der Waals surface area (Å²) in [5, 5.41) is 0. The van der Waals surface area contributed by atoms with Crippen LogP contribution in [0.5, 0.6) is 0 Å². The number of fused-ring (bicyclic) bond motifs is 1. The molecular weight excluding hydrogens is 338 g/mol. The van der Waals surface area contributed by atoms with Crippen LogP contribution in [0.1, 0.15) is 82.4 Å². The highest BCUT2D eigenvalue weighted by molar-refractivity contribution is 5.99. The predicted octanol–water partition coefficient (Wildman–Crippen LogP) is 4.68. The molecule has 0 atom stereocenters. The number of pyridine rings is 1. The highest BCUT2D eigenvalue weighted by atomic mass is 16.1. The molecule has 27 heavy (non-hydrogen) atoms. The molecule has 4 heteroatoms. The minimum absolute atomic E-state index is 0.00183. The molecule has 1 aromatic rings. The smallest absolute Gasteiger partial charge is 0.251 e. The second-order valence-electron chi connectivity index (χ2n) is 9.32. The second-order valence-corrected chi connectivity index (χ2v) is 9.32. The van der Waals surface area contributed by atoms with E-state index in [4.69, 9.17) is 0 Å². The highest BCUT2D eigenvalue weighted by Crippen LogP contribution is 2.28. The van der Waals surface area contributed by atoms with Gasteiger partial charge in [0, 0.05) is 35.2 Å². The van der Waals surface area contributed by atoms with Crippen LogP contribution in [0.25, 0.3) is 0 Å². The lowest BCUT2D eigenvalue weighted by atomic mass is 9.81. The zero-order valence-corrected chi connectivity index (χ0v) is 17.4. The number of aryl methyl sites for hydroxylation is 1. The number of carbonyl (C=O) groups excluding carboxylic acids is 2. The first kappa shape index (κ1) is 21.1. The molecule has 0 aromatic carbocycles. The Morgan fingerprint density at radius 1 is 0.889 bits per heavy atom. The lowest BCUT2D eigenvalue weighted by Gasteiger charge is -2.22. The van der Waals surface area contributed by atoms with Crippen molar-refractivity contribution in [2.45, 2.75) is 72.6 Å². The van der Waals surface area contributed by atoms with Gasteiger partial charge in [0.2, 0.25) is 0 Å². The van der Waals surface area contributed by atoms with Gasteiger partial charge in [0.1, 0.15) is 0 Å². The van der Waals surface area contributed by atoms with E-state index >= 15 is 0 Å². The molecule has 3 rings (SSSR count). The van der Waals surface area contributed by atoms with Gasteiger partial charge in [-0.3, -0.25) is 14.4 Å². The number of hydrogen-bond donors (Lipinski definition) is 1. The topological polar surface area (TPSA) is 67.0 Å². The fourth-order valence-electron chi connectivity index (χ4n) is 3.34. The molecule has 0 fully saturated rings. The van der Waals surface area contributed by atoms with E-state index in [0.717, 1.165) is 29.7 Å². The van der Waals surface area contributed by atoms with Crippen LogP contribution < -0.4 is 5.56 Å². The van der Waals surface area contributed by atoms with Crippen LogP contribution in [0, 0.1) is 5.41 Å². The third-order valence-electron chi connectivity index (χ3n) is 4.87. The number of rotatable bonds is 0. The maximum absolute atomic E-state index is 11.9. The van der Waals surface area contributed by atoms with Crippen LogP contribution in [-0.2, 0) is 16.6 Å². The minimum Gasteiger partial charge on any atom is -0.325 e. The number of aromatic nitrogens is 1. The molecule has 0 bridgehead atoms. The first-order chi connectivity index (χ1) is 12.4. The van der Waals surface area contributed by atoms with Gasteiger partial charge in [-0.15, -0.1) is 0 Å². The van der Waals surface area contributed by atoms with E-state index in [1.54, 1.807) is 6.07 Å². The number of carbonyl (C=O) groups is 2. The predicted molar refractivity (Wildman–Crippen MR) is 109 cm³/mol. The van der Waals surface area contributed by atoms with Crippen molar-refractivity contribution in [2.24, 2.45) is 5.41 Å². The van der Waals surface area contributed by atoms with Crippen LogP contribution in [0.15, 0.2) is 34.7 Å². The van der Waals surface area contributed by atoms with E-state index < -0.39 is 0 Å². The summed E-state index contributed by atoms with van der Waals surface area (Å²) >= 11 is 0. The highest BCUT2D eigenvalue weighted by Gasteiger charge is 2.24. The molecule has 0 unspecified atom stereocenters. The summed E-state index contributed by atoms with van der Waals surface area (Å²) in [6.07, 6.45) is 8.61. The van der Waals surface area contributed by atoms with Gasteiger partial charge in [0.25, 0.3) is 5.56 Å². The van der Waals surface area contributed by atoms with E-state index in [0.29, 0.717) is 18.4 Å². The molecule has 0 saturated heterocycles. The number of hydrogen-bond acceptors (Lipinski definition) is 3. The Morgan fingerprint density at radius 3 is 2.07 bits per heavy atom. The molecule has 2 aliphatic rings. The molecular formula is C23H31NO3. The average Bonchev–Trinajstić information content (AvgIpc) is 2.53. The first-order valence-corrected chi connectivity index (χ1v) is 9.61. The SMILES string of the molecule is CC(C)(C)C1=CC=CCC1=O.CC(C)(C)c1cc2c([nH]c1=O)CCCC2=O. The number of ketones is 2. The van der Waals surface area contributed by atoms with Gasteiger partial charge in [-0.25, -0.2) is 0 Å². The summed E-state index contributed by atoms with van der Waals surface area (Å²) in [6, 6.07) is 1.79. The van der Waals surface area contributed by atoms with E-state index in [-0.39, 0.29) is 28.0 Å². The van der Waals surface area contributed by atoms with E-state index in [1.807, 2.05) is 39.0 Å². The minimum atomic E-state index is -0.222. The van der Waals surface area contributed by atoms with Gasteiger partial charge in [-0.2, -0.15) is 0 Å². The van der Waals surface area contributed by atoms with Crippen molar-refractivity contribution < 1.29 is 9.59 Å². The molecule has 0 aliphatic heterocycles. The van der Waals surface area contributed by atoms with Crippen LogP contribution >= 0.6 is 0 Å². The monoisotopic (exact) mass is 369 g/mol. The van der Waals surface area contributed by atoms with Crippen molar-refractivity contribution in [3.8, 4) is 0 Å². The second kappa shape index (κ2) is 7.79. The number of Topliss-reactive ketones (excluding diaryl/α,β-unsaturated/α-hetero) is 2. The van der Waals surface area contributed by atoms with E-state index in [1.165, 1.54) is 0 Å². The van der Waals surface area contributed by atoms with Gasteiger partial charge in [0.05, 0.1) is 0 Å². The molecule has 0 amide bonds. The standard InChI is InChI=1S/C13H17NO2.C10H14O/c1-13(2,3)9-7-8-10(14-12(9)16)5-4-6-11(8)15;1-10(2,3)8-6-4-5-7-9(8)11/h7H,4-6H2,1-3H3,(H,14,16);4-6H,7H2,1-3H3. The van der Waals surface area contributed by atoms with Gasteiger partial charge in [-0.05, 0) is 29.7 Å². The summed E-state index contributed by atoms with van der Waals surface area (Å²) in [5.74, 6) is 0.419. The summed E-state index contributed by atoms with van der Waals surface area (Å²) in [7, 11) is 0. The Morgan fingerprint density at radius 2 is 1.56 bits per heavy atom.